The van der Waals surface area contributed by atoms with Gasteiger partial charge in [-0.15, -0.1) is 11.3 Å². The second-order valence-corrected chi connectivity index (χ2v) is 6.57. The highest BCUT2D eigenvalue weighted by molar-refractivity contribution is 7.20. The van der Waals surface area contributed by atoms with Crippen molar-refractivity contribution in [2.24, 2.45) is 0 Å². The molecule has 3 aromatic rings. The van der Waals surface area contributed by atoms with E-state index in [-0.39, 0.29) is 5.91 Å². The molecule has 0 unspecified atom stereocenters. The number of nitrogens with zero attached hydrogens (tertiary/aromatic N) is 1. The zero-order valence-corrected chi connectivity index (χ0v) is 14.4. The lowest BCUT2D eigenvalue weighted by molar-refractivity contribution is 0.0955. The van der Waals surface area contributed by atoms with E-state index < -0.39 is 0 Å². The molecule has 0 atom stereocenters. The molecule has 24 heavy (non-hydrogen) atoms. The number of unbranched alkanes of at least 4 members (excludes halogenated alkanes) is 1. The summed E-state index contributed by atoms with van der Waals surface area (Å²) >= 11 is 1.41. The predicted octanol–water partition coefficient (Wildman–Crippen LogP) is 4.41. The van der Waals surface area contributed by atoms with Crippen LogP contribution < -0.4 is 10.1 Å². The van der Waals surface area contributed by atoms with Gasteiger partial charge in [0, 0.05) is 18.1 Å². The number of ether oxygens (including phenoxy) is 1. The molecule has 2 aromatic heterocycles. The van der Waals surface area contributed by atoms with Crippen molar-refractivity contribution in [3.05, 3.63) is 59.1 Å². The molecule has 1 N–H and O–H groups in total. The van der Waals surface area contributed by atoms with Gasteiger partial charge in [-0.1, -0.05) is 31.5 Å². The third-order valence-electron chi connectivity index (χ3n) is 3.64. The second-order valence-electron chi connectivity index (χ2n) is 5.54. The Morgan fingerprint density at radius 3 is 3.00 bits per heavy atom. The van der Waals surface area contributed by atoms with E-state index >= 15 is 0 Å². The summed E-state index contributed by atoms with van der Waals surface area (Å²) in [6, 6.07) is 13.6. The summed E-state index contributed by atoms with van der Waals surface area (Å²) in [7, 11) is 0. The van der Waals surface area contributed by atoms with Gasteiger partial charge in [-0.05, 0) is 36.2 Å². The Hall–Kier alpha value is -2.40. The number of amides is 1. The highest BCUT2D eigenvalue weighted by Crippen LogP contribution is 2.23. The maximum Gasteiger partial charge on any atom is 0.261 e. The number of pyridine rings is 1. The molecule has 0 radical (unpaired) electrons. The Labute approximate surface area is 145 Å². The van der Waals surface area contributed by atoms with Crippen LogP contribution in [0.15, 0.2) is 48.7 Å². The molecule has 124 valence electrons. The van der Waals surface area contributed by atoms with Crippen LogP contribution in [0.1, 0.15) is 35.0 Å². The molecule has 0 spiro atoms. The number of fused-ring (bicyclic) bond motifs is 1. The summed E-state index contributed by atoms with van der Waals surface area (Å²) < 4.78 is 5.70. The van der Waals surface area contributed by atoms with Gasteiger partial charge in [-0.3, -0.25) is 4.79 Å². The Balaban J connectivity index is 1.60. The van der Waals surface area contributed by atoms with Crippen LogP contribution in [0.3, 0.4) is 0 Å². The molecule has 0 bridgehead atoms. The van der Waals surface area contributed by atoms with Gasteiger partial charge in [-0.25, -0.2) is 4.98 Å². The third-order valence-corrected chi connectivity index (χ3v) is 4.69. The van der Waals surface area contributed by atoms with E-state index in [1.165, 1.54) is 11.3 Å². The van der Waals surface area contributed by atoms with Gasteiger partial charge in [0.1, 0.15) is 10.6 Å². The number of carbonyl (C=O) groups excluding carboxylic acids is 1. The third kappa shape index (κ3) is 4.11. The molecule has 0 aliphatic carbocycles. The van der Waals surface area contributed by atoms with Gasteiger partial charge in [0.25, 0.3) is 5.91 Å². The van der Waals surface area contributed by atoms with Gasteiger partial charge in [-0.2, -0.15) is 0 Å². The average Bonchev–Trinajstić information content (AvgIpc) is 3.04. The SMILES string of the molecule is CCCCOc1cccc(CNC(=O)c2cc3cccnc3s2)c1. The Bertz CT molecular complexity index is 796. The Kier molecular flexibility index (Phi) is 5.43. The Morgan fingerprint density at radius 2 is 2.17 bits per heavy atom. The van der Waals surface area contributed by atoms with Crippen LogP contribution in [-0.4, -0.2) is 17.5 Å². The zero-order valence-electron chi connectivity index (χ0n) is 13.6. The number of nitrogens with one attached hydrogen (secondary N) is 1. The lowest BCUT2D eigenvalue weighted by Crippen LogP contribution is -2.21. The molecule has 0 fully saturated rings. The normalized spacial score (nSPS) is 10.7. The maximum absolute atomic E-state index is 12.3. The molecule has 3 rings (SSSR count). The molecule has 2 heterocycles. The van der Waals surface area contributed by atoms with Gasteiger partial charge in [0.15, 0.2) is 0 Å². The predicted molar refractivity (Wildman–Crippen MR) is 97.6 cm³/mol. The van der Waals surface area contributed by atoms with Gasteiger partial charge in [0.05, 0.1) is 11.5 Å². The largest absolute Gasteiger partial charge is 0.494 e. The standard InChI is InChI=1S/C19H20N2O2S/c1-2-3-10-23-16-8-4-6-14(11-16)13-21-18(22)17-12-15-7-5-9-20-19(15)24-17/h4-9,11-12H,2-3,10,13H2,1H3,(H,21,22). The molecule has 5 heteroatoms. The van der Waals surface area contributed by atoms with Crippen molar-refractivity contribution in [1.29, 1.82) is 0 Å². The monoisotopic (exact) mass is 340 g/mol. The molecular weight excluding hydrogens is 320 g/mol. The molecule has 0 aliphatic rings. The van der Waals surface area contributed by atoms with Crippen molar-refractivity contribution in [3.8, 4) is 5.75 Å². The van der Waals surface area contributed by atoms with Gasteiger partial charge >= 0.3 is 0 Å². The quantitative estimate of drug-likeness (QED) is 0.648. The number of rotatable bonds is 7. The first-order valence-corrected chi connectivity index (χ1v) is 8.92. The summed E-state index contributed by atoms with van der Waals surface area (Å²) in [6.45, 7) is 3.34. The summed E-state index contributed by atoms with van der Waals surface area (Å²) in [6.07, 6.45) is 3.89. The lowest BCUT2D eigenvalue weighted by Gasteiger charge is -2.08. The number of carbonyl (C=O) groups is 1. The zero-order chi connectivity index (χ0) is 16.8. The van der Waals surface area contributed by atoms with Crippen LogP contribution in [0.4, 0.5) is 0 Å². The molecule has 0 saturated heterocycles. The highest BCUT2D eigenvalue weighted by atomic mass is 32.1. The van der Waals surface area contributed by atoms with E-state index in [0.29, 0.717) is 11.4 Å². The molecule has 0 saturated carbocycles. The maximum atomic E-state index is 12.3. The molecule has 0 aliphatic heterocycles. The van der Waals surface area contributed by atoms with Crippen LogP contribution in [0, 0.1) is 0 Å². The van der Waals surface area contributed by atoms with Gasteiger partial charge in [0.2, 0.25) is 0 Å². The van der Waals surface area contributed by atoms with Crippen LogP contribution in [0.2, 0.25) is 0 Å². The summed E-state index contributed by atoms with van der Waals surface area (Å²) in [5.74, 6) is 0.775. The van der Waals surface area contributed by atoms with Crippen LogP contribution in [0.25, 0.3) is 10.2 Å². The fraction of sp³-hybridized carbons (Fsp3) is 0.263. The molecular formula is C19H20N2O2S. The highest BCUT2D eigenvalue weighted by Gasteiger charge is 2.10. The minimum absolute atomic E-state index is 0.0738. The molecule has 1 aromatic carbocycles. The van der Waals surface area contributed by atoms with E-state index in [1.807, 2.05) is 42.5 Å². The van der Waals surface area contributed by atoms with Crippen molar-refractivity contribution < 1.29 is 9.53 Å². The topological polar surface area (TPSA) is 51.2 Å². The van der Waals surface area contributed by atoms with Crippen molar-refractivity contribution >= 4 is 27.5 Å². The smallest absolute Gasteiger partial charge is 0.261 e. The number of hydrogen-bond acceptors (Lipinski definition) is 4. The fourth-order valence-corrected chi connectivity index (χ4v) is 3.25. The van der Waals surface area contributed by atoms with E-state index in [1.54, 1.807) is 6.20 Å². The molecule has 1 amide bonds. The Morgan fingerprint density at radius 1 is 1.25 bits per heavy atom. The van der Waals surface area contributed by atoms with E-state index in [4.69, 9.17) is 4.74 Å². The fourth-order valence-electron chi connectivity index (χ4n) is 2.33. The van der Waals surface area contributed by atoms with Crippen molar-refractivity contribution in [3.63, 3.8) is 0 Å². The summed E-state index contributed by atoms with van der Waals surface area (Å²) in [5, 5.41) is 3.96. The number of benzene rings is 1. The lowest BCUT2D eigenvalue weighted by atomic mass is 10.2. The van der Waals surface area contributed by atoms with E-state index in [2.05, 4.69) is 17.2 Å². The summed E-state index contributed by atoms with van der Waals surface area (Å²) in [4.78, 5) is 18.2. The van der Waals surface area contributed by atoms with Crippen LogP contribution in [0.5, 0.6) is 5.75 Å². The number of thiophene rings is 1. The first kappa shape index (κ1) is 16.5. The van der Waals surface area contributed by atoms with Crippen LogP contribution in [-0.2, 0) is 6.54 Å². The van der Waals surface area contributed by atoms with Crippen LogP contribution >= 0.6 is 11.3 Å². The average molecular weight is 340 g/mol. The van der Waals surface area contributed by atoms with Crippen molar-refractivity contribution in [1.82, 2.24) is 10.3 Å². The second kappa shape index (κ2) is 7.93. The summed E-state index contributed by atoms with van der Waals surface area (Å²) in [5.41, 5.74) is 1.02. The number of hydrogen-bond donors (Lipinski definition) is 1. The van der Waals surface area contributed by atoms with Gasteiger partial charge < -0.3 is 10.1 Å². The minimum atomic E-state index is -0.0738. The van der Waals surface area contributed by atoms with Crippen molar-refractivity contribution in [2.45, 2.75) is 26.3 Å². The molecule has 4 nitrogen and oxygen atoms in total. The minimum Gasteiger partial charge on any atom is -0.494 e. The van der Waals surface area contributed by atoms with E-state index in [9.17, 15) is 4.79 Å². The first-order chi connectivity index (χ1) is 11.8. The first-order valence-electron chi connectivity index (χ1n) is 8.11. The van der Waals surface area contributed by atoms with Crippen molar-refractivity contribution in [2.75, 3.05) is 6.61 Å². The van der Waals surface area contributed by atoms with E-state index in [0.717, 1.165) is 41.0 Å². The number of aromatic nitrogens is 1.